The third-order valence-electron chi connectivity index (χ3n) is 7.75. The molecule has 4 aromatic carbocycles. The van der Waals surface area contributed by atoms with Gasteiger partial charge in [-0.25, -0.2) is 0 Å². The van der Waals surface area contributed by atoms with Crippen LogP contribution in [0.15, 0.2) is 103 Å². The van der Waals surface area contributed by atoms with Crippen molar-refractivity contribution < 1.29 is 9.63 Å². The minimum absolute atomic E-state index is 0.0625. The Labute approximate surface area is 209 Å². The van der Waals surface area contributed by atoms with Gasteiger partial charge in [-0.2, -0.15) is 5.48 Å². The quantitative estimate of drug-likeness (QED) is 0.356. The molecular weight excluding hydrogens is 446 g/mol. The number of rotatable bonds is 2. The van der Waals surface area contributed by atoms with Crippen molar-refractivity contribution in [2.45, 2.75) is 18.1 Å². The number of amides is 1. The Morgan fingerprint density at radius 3 is 2.11 bits per heavy atom. The van der Waals surface area contributed by atoms with Crippen LogP contribution < -0.4 is 10.4 Å². The van der Waals surface area contributed by atoms with Crippen LogP contribution in [-0.4, -0.2) is 17.9 Å². The van der Waals surface area contributed by atoms with E-state index in [0.29, 0.717) is 0 Å². The molecule has 2 aliphatic heterocycles. The highest BCUT2D eigenvalue weighted by molar-refractivity contribution is 6.13. The number of carbonyl (C=O) groups excluding carboxylic acids is 1. The molecule has 36 heavy (non-hydrogen) atoms. The number of likely N-dealkylation sites (N-methyl/N-ethyl adjacent to an activating group) is 1. The molecule has 176 valence electrons. The molecule has 1 spiro atoms. The summed E-state index contributed by atoms with van der Waals surface area (Å²) in [7, 11) is 1.84. The van der Waals surface area contributed by atoms with E-state index in [1.165, 1.54) is 0 Å². The molecule has 5 aromatic rings. The molecule has 5 nitrogen and oxygen atoms in total. The maximum Gasteiger partial charge on any atom is 0.258 e. The summed E-state index contributed by atoms with van der Waals surface area (Å²) in [5.41, 5.74) is 8.71. The van der Waals surface area contributed by atoms with E-state index in [2.05, 4.69) is 46.9 Å². The number of para-hydroxylation sites is 2. The molecule has 0 saturated heterocycles. The van der Waals surface area contributed by atoms with Gasteiger partial charge in [0.25, 0.3) is 5.91 Å². The van der Waals surface area contributed by atoms with E-state index in [-0.39, 0.29) is 5.91 Å². The van der Waals surface area contributed by atoms with Gasteiger partial charge in [0.15, 0.2) is 11.1 Å². The normalized spacial score (nSPS) is 20.1. The first kappa shape index (κ1) is 21.1. The topological polar surface area (TPSA) is 57.4 Å². The van der Waals surface area contributed by atoms with E-state index >= 15 is 0 Å². The van der Waals surface area contributed by atoms with Crippen molar-refractivity contribution >= 4 is 22.5 Å². The van der Waals surface area contributed by atoms with Gasteiger partial charge in [-0.1, -0.05) is 97.1 Å². The van der Waals surface area contributed by atoms with Crippen molar-refractivity contribution in [3.05, 3.63) is 137 Å². The second-order valence-electron chi connectivity index (χ2n) is 9.62. The zero-order valence-electron chi connectivity index (χ0n) is 20.1. The van der Waals surface area contributed by atoms with E-state index in [1.54, 1.807) is 4.90 Å². The van der Waals surface area contributed by atoms with Crippen LogP contribution in [0.3, 0.4) is 0 Å². The molecule has 0 bridgehead atoms. The molecule has 1 amide bonds. The molecule has 0 radical (unpaired) electrons. The average Bonchev–Trinajstić information content (AvgIpc) is 3.42. The Kier molecular flexibility index (Phi) is 4.34. The standard InChI is InChI=1S/C31H25N3O2/c1-20-12-11-18-24-27(20)34(2)29(35)30(24)26-23-17-9-10-19-25(23)32-28(26)31(36-33-30,21-13-5-3-6-14-21)22-15-7-4-8-16-22/h3-19,32-33H,1-2H3/t30-/m0/s1. The number of carbonyl (C=O) groups is 1. The molecule has 2 N–H and O–H groups in total. The Morgan fingerprint density at radius 2 is 1.42 bits per heavy atom. The Balaban J connectivity index is 1.64. The van der Waals surface area contributed by atoms with Crippen LogP contribution in [-0.2, 0) is 20.8 Å². The lowest BCUT2D eigenvalue weighted by Gasteiger charge is -2.44. The van der Waals surface area contributed by atoms with Gasteiger partial charge in [-0.3, -0.25) is 9.63 Å². The third kappa shape index (κ3) is 2.48. The van der Waals surface area contributed by atoms with Gasteiger partial charge in [0, 0.05) is 29.1 Å². The van der Waals surface area contributed by atoms with Gasteiger partial charge >= 0.3 is 0 Å². The predicted molar refractivity (Wildman–Crippen MR) is 141 cm³/mol. The van der Waals surface area contributed by atoms with Crippen LogP contribution in [0.5, 0.6) is 0 Å². The number of fused-ring (bicyclic) bond motifs is 6. The molecule has 0 aliphatic carbocycles. The van der Waals surface area contributed by atoms with Crippen molar-refractivity contribution in [1.82, 2.24) is 10.5 Å². The highest BCUT2D eigenvalue weighted by Crippen LogP contribution is 2.55. The monoisotopic (exact) mass is 471 g/mol. The summed E-state index contributed by atoms with van der Waals surface area (Å²) >= 11 is 0. The summed E-state index contributed by atoms with van der Waals surface area (Å²) in [6, 6.07) is 34.6. The molecule has 1 atom stereocenters. The average molecular weight is 472 g/mol. The van der Waals surface area contributed by atoms with E-state index in [9.17, 15) is 4.79 Å². The lowest BCUT2D eigenvalue weighted by molar-refractivity contribution is -0.144. The molecule has 3 heterocycles. The fourth-order valence-corrected chi connectivity index (χ4v) is 6.18. The molecule has 0 saturated carbocycles. The number of nitrogens with one attached hydrogen (secondary N) is 2. The second-order valence-corrected chi connectivity index (χ2v) is 9.62. The molecule has 1 aromatic heterocycles. The van der Waals surface area contributed by atoms with Gasteiger partial charge in [0.05, 0.1) is 11.4 Å². The predicted octanol–water partition coefficient (Wildman–Crippen LogP) is 5.52. The van der Waals surface area contributed by atoms with Crippen LogP contribution in [0.2, 0.25) is 0 Å². The molecule has 7 rings (SSSR count). The fraction of sp³-hybridized carbons (Fsp3) is 0.129. The minimum atomic E-state index is -1.18. The number of benzene rings is 4. The van der Waals surface area contributed by atoms with Gasteiger partial charge in [-0.05, 0) is 29.7 Å². The molecular formula is C31H25N3O2. The number of aromatic amines is 1. The number of anilines is 1. The molecule has 0 fully saturated rings. The number of hydroxylamine groups is 1. The summed E-state index contributed by atoms with van der Waals surface area (Å²) in [6.45, 7) is 2.04. The zero-order chi connectivity index (χ0) is 24.5. The second kappa shape index (κ2) is 7.40. The number of hydrogen-bond acceptors (Lipinski definition) is 3. The Morgan fingerprint density at radius 1 is 0.778 bits per heavy atom. The summed E-state index contributed by atoms with van der Waals surface area (Å²) in [4.78, 5) is 26.5. The first-order valence-corrected chi connectivity index (χ1v) is 12.1. The van der Waals surface area contributed by atoms with E-state index in [0.717, 1.165) is 50.1 Å². The maximum atomic E-state index is 14.2. The number of nitrogens with zero attached hydrogens (tertiary/aromatic N) is 1. The van der Waals surface area contributed by atoms with Crippen LogP contribution in [0.25, 0.3) is 10.9 Å². The van der Waals surface area contributed by atoms with E-state index in [1.807, 2.05) is 80.7 Å². The highest BCUT2D eigenvalue weighted by atomic mass is 16.7. The maximum absolute atomic E-state index is 14.2. The van der Waals surface area contributed by atoms with Gasteiger partial charge in [0.2, 0.25) is 0 Å². The van der Waals surface area contributed by atoms with Crippen LogP contribution in [0.1, 0.15) is 33.5 Å². The Bertz CT molecular complexity index is 1600. The largest absolute Gasteiger partial charge is 0.355 e. The fourth-order valence-electron chi connectivity index (χ4n) is 6.18. The minimum Gasteiger partial charge on any atom is -0.355 e. The van der Waals surface area contributed by atoms with Crippen LogP contribution in [0, 0.1) is 6.92 Å². The number of aryl methyl sites for hydroxylation is 1. The van der Waals surface area contributed by atoms with Crippen LogP contribution in [0.4, 0.5) is 5.69 Å². The summed E-state index contributed by atoms with van der Waals surface area (Å²) < 4.78 is 0. The number of H-pyrrole nitrogens is 1. The van der Waals surface area contributed by atoms with Crippen molar-refractivity contribution in [3.8, 4) is 0 Å². The van der Waals surface area contributed by atoms with Gasteiger partial charge < -0.3 is 9.88 Å². The lowest BCUT2D eigenvalue weighted by Crippen LogP contribution is -2.59. The smallest absolute Gasteiger partial charge is 0.258 e. The third-order valence-corrected chi connectivity index (χ3v) is 7.75. The summed E-state index contributed by atoms with van der Waals surface area (Å²) in [5.74, 6) is -0.0625. The van der Waals surface area contributed by atoms with Crippen molar-refractivity contribution in [2.75, 3.05) is 11.9 Å². The molecule has 2 aliphatic rings. The Hall–Kier alpha value is -4.19. The number of hydrogen-bond donors (Lipinski definition) is 2. The highest BCUT2D eigenvalue weighted by Gasteiger charge is 2.61. The number of aromatic nitrogens is 1. The van der Waals surface area contributed by atoms with Gasteiger partial charge in [-0.15, -0.1) is 0 Å². The van der Waals surface area contributed by atoms with Gasteiger partial charge in [0.1, 0.15) is 0 Å². The molecule has 5 heteroatoms. The van der Waals surface area contributed by atoms with Crippen molar-refractivity contribution in [3.63, 3.8) is 0 Å². The van der Waals surface area contributed by atoms with E-state index in [4.69, 9.17) is 4.84 Å². The lowest BCUT2D eigenvalue weighted by atomic mass is 9.74. The van der Waals surface area contributed by atoms with E-state index < -0.39 is 11.1 Å². The first-order chi connectivity index (χ1) is 17.6. The SMILES string of the molecule is Cc1cccc2c1N(C)C(=O)[C@]21NOC(c2ccccc2)(c2ccccc2)c2[nH]c3ccccc3c21. The first-order valence-electron chi connectivity index (χ1n) is 12.1. The zero-order valence-corrected chi connectivity index (χ0v) is 20.1. The summed E-state index contributed by atoms with van der Waals surface area (Å²) in [5, 5.41) is 0.996. The van der Waals surface area contributed by atoms with Crippen LogP contribution >= 0.6 is 0 Å². The molecule has 0 unspecified atom stereocenters. The van der Waals surface area contributed by atoms with Crippen molar-refractivity contribution in [1.29, 1.82) is 0 Å². The summed E-state index contributed by atoms with van der Waals surface area (Å²) in [6.07, 6.45) is 0. The van der Waals surface area contributed by atoms with Crippen molar-refractivity contribution in [2.24, 2.45) is 0 Å².